The summed E-state index contributed by atoms with van der Waals surface area (Å²) in [7, 11) is 0. The standard InChI is InChI=1S/C11H9I2NO/c12-4-8-2-9-1-7(6-15)3-10(13)11(9)14-5-8/h1-3,5,15H,4,6H2. The van der Waals surface area contributed by atoms with E-state index < -0.39 is 0 Å². The van der Waals surface area contributed by atoms with E-state index in [9.17, 15) is 0 Å². The van der Waals surface area contributed by atoms with Crippen molar-refractivity contribution in [1.29, 1.82) is 0 Å². The highest BCUT2D eigenvalue weighted by Crippen LogP contribution is 2.22. The molecule has 0 aliphatic rings. The molecule has 2 aromatic rings. The first-order valence-corrected chi connectivity index (χ1v) is 7.09. The topological polar surface area (TPSA) is 33.1 Å². The molecule has 0 saturated carbocycles. The summed E-state index contributed by atoms with van der Waals surface area (Å²) >= 11 is 4.58. The van der Waals surface area contributed by atoms with Crippen LogP contribution in [0.2, 0.25) is 0 Å². The molecule has 0 aliphatic heterocycles. The molecule has 0 bridgehead atoms. The van der Waals surface area contributed by atoms with Gasteiger partial charge in [0.2, 0.25) is 0 Å². The van der Waals surface area contributed by atoms with Crippen LogP contribution in [0.5, 0.6) is 0 Å². The van der Waals surface area contributed by atoms with Crippen molar-refractivity contribution in [3.05, 3.63) is 39.1 Å². The largest absolute Gasteiger partial charge is 0.392 e. The number of fused-ring (bicyclic) bond motifs is 1. The lowest BCUT2D eigenvalue weighted by atomic mass is 10.1. The van der Waals surface area contributed by atoms with Gasteiger partial charge in [0.25, 0.3) is 0 Å². The zero-order chi connectivity index (χ0) is 10.8. The number of alkyl halides is 1. The van der Waals surface area contributed by atoms with Crippen LogP contribution in [0.3, 0.4) is 0 Å². The minimum atomic E-state index is 0.0837. The van der Waals surface area contributed by atoms with E-state index in [4.69, 9.17) is 5.11 Å². The van der Waals surface area contributed by atoms with Crippen molar-refractivity contribution in [1.82, 2.24) is 4.98 Å². The maximum absolute atomic E-state index is 9.12. The van der Waals surface area contributed by atoms with Crippen molar-refractivity contribution in [2.75, 3.05) is 0 Å². The Morgan fingerprint density at radius 2 is 1.93 bits per heavy atom. The van der Waals surface area contributed by atoms with Gasteiger partial charge in [-0.15, -0.1) is 0 Å². The number of pyridine rings is 1. The van der Waals surface area contributed by atoms with E-state index in [1.807, 2.05) is 18.3 Å². The second-order valence-electron chi connectivity index (χ2n) is 3.28. The van der Waals surface area contributed by atoms with Crippen LogP contribution in [-0.4, -0.2) is 10.1 Å². The van der Waals surface area contributed by atoms with Crippen LogP contribution in [0.15, 0.2) is 24.4 Å². The normalized spacial score (nSPS) is 10.9. The summed E-state index contributed by atoms with van der Waals surface area (Å²) < 4.78 is 2.05. The molecule has 0 unspecified atom stereocenters. The summed E-state index contributed by atoms with van der Waals surface area (Å²) in [6.07, 6.45) is 1.91. The van der Waals surface area contributed by atoms with Crippen molar-refractivity contribution in [3.63, 3.8) is 0 Å². The Labute approximate surface area is 115 Å². The molecule has 0 atom stereocenters. The first-order valence-electron chi connectivity index (χ1n) is 4.48. The summed E-state index contributed by atoms with van der Waals surface area (Å²) in [6.45, 7) is 0.0837. The van der Waals surface area contributed by atoms with Gasteiger partial charge in [-0.1, -0.05) is 22.6 Å². The SMILES string of the molecule is OCc1cc(I)c2ncc(CI)cc2c1. The lowest BCUT2D eigenvalue weighted by Crippen LogP contribution is -1.90. The molecular weight excluding hydrogens is 416 g/mol. The molecule has 0 amide bonds. The van der Waals surface area contributed by atoms with Crippen molar-refractivity contribution >= 4 is 56.1 Å². The molecule has 2 nitrogen and oxygen atoms in total. The van der Waals surface area contributed by atoms with Crippen molar-refractivity contribution in [3.8, 4) is 0 Å². The molecule has 78 valence electrons. The Hall–Kier alpha value is 0.0500. The van der Waals surface area contributed by atoms with E-state index in [0.29, 0.717) is 0 Å². The van der Waals surface area contributed by atoms with E-state index in [2.05, 4.69) is 56.2 Å². The van der Waals surface area contributed by atoms with E-state index in [1.54, 1.807) is 0 Å². The third kappa shape index (κ3) is 2.42. The predicted molar refractivity (Wildman–Crippen MR) is 78.1 cm³/mol. The molecule has 1 N–H and O–H groups in total. The zero-order valence-electron chi connectivity index (χ0n) is 7.87. The molecule has 1 heterocycles. The molecule has 0 spiro atoms. The molecule has 2 rings (SSSR count). The summed E-state index contributed by atoms with van der Waals surface area (Å²) in [5, 5.41) is 10.2. The van der Waals surface area contributed by atoms with Crippen molar-refractivity contribution in [2.45, 2.75) is 11.0 Å². The average molecular weight is 425 g/mol. The average Bonchev–Trinajstić information content (AvgIpc) is 2.28. The van der Waals surface area contributed by atoms with E-state index >= 15 is 0 Å². The van der Waals surface area contributed by atoms with Crippen LogP contribution in [0.25, 0.3) is 10.9 Å². The maximum Gasteiger partial charge on any atom is 0.0835 e. The van der Waals surface area contributed by atoms with Crippen LogP contribution in [0.1, 0.15) is 11.1 Å². The van der Waals surface area contributed by atoms with Gasteiger partial charge in [0.15, 0.2) is 0 Å². The number of hydrogen-bond acceptors (Lipinski definition) is 2. The molecule has 15 heavy (non-hydrogen) atoms. The van der Waals surface area contributed by atoms with Gasteiger partial charge in [-0.2, -0.15) is 0 Å². The highest BCUT2D eigenvalue weighted by Gasteiger charge is 2.03. The Balaban J connectivity index is 2.69. The third-order valence-corrected chi connectivity index (χ3v) is 3.89. The lowest BCUT2D eigenvalue weighted by Gasteiger charge is -2.04. The summed E-state index contributed by atoms with van der Waals surface area (Å²) in [4.78, 5) is 4.43. The van der Waals surface area contributed by atoms with E-state index in [1.165, 1.54) is 5.56 Å². The highest BCUT2D eigenvalue weighted by molar-refractivity contribution is 14.1. The van der Waals surface area contributed by atoms with Gasteiger partial charge >= 0.3 is 0 Å². The molecule has 0 aliphatic carbocycles. The molecule has 0 fully saturated rings. The number of hydrogen-bond donors (Lipinski definition) is 1. The highest BCUT2D eigenvalue weighted by atomic mass is 127. The Morgan fingerprint density at radius 1 is 1.20 bits per heavy atom. The van der Waals surface area contributed by atoms with Crippen molar-refractivity contribution in [2.24, 2.45) is 0 Å². The molecule has 0 radical (unpaired) electrons. The Kier molecular flexibility index (Phi) is 3.78. The minimum Gasteiger partial charge on any atom is -0.392 e. The van der Waals surface area contributed by atoms with E-state index in [0.717, 1.165) is 24.5 Å². The molecule has 0 saturated heterocycles. The van der Waals surface area contributed by atoms with Crippen LogP contribution in [-0.2, 0) is 11.0 Å². The van der Waals surface area contributed by atoms with Crippen LogP contribution >= 0.6 is 45.2 Å². The van der Waals surface area contributed by atoms with Crippen molar-refractivity contribution < 1.29 is 5.11 Å². The van der Waals surface area contributed by atoms with Gasteiger partial charge < -0.3 is 5.11 Å². The zero-order valence-corrected chi connectivity index (χ0v) is 12.2. The van der Waals surface area contributed by atoms with Gasteiger partial charge in [0.05, 0.1) is 12.1 Å². The number of nitrogens with zero attached hydrogens (tertiary/aromatic N) is 1. The van der Waals surface area contributed by atoms with Gasteiger partial charge in [0.1, 0.15) is 0 Å². The minimum absolute atomic E-state index is 0.0837. The molecular formula is C11H9I2NO. The van der Waals surface area contributed by atoms with Gasteiger partial charge in [-0.05, 0) is 51.9 Å². The van der Waals surface area contributed by atoms with E-state index in [-0.39, 0.29) is 6.61 Å². The number of aliphatic hydroxyl groups excluding tert-OH is 1. The monoisotopic (exact) mass is 425 g/mol. The number of aliphatic hydroxyl groups is 1. The lowest BCUT2D eigenvalue weighted by molar-refractivity contribution is 0.282. The van der Waals surface area contributed by atoms with Gasteiger partial charge in [0, 0.05) is 19.6 Å². The van der Waals surface area contributed by atoms with Gasteiger partial charge in [-0.25, -0.2) is 0 Å². The van der Waals surface area contributed by atoms with Crippen LogP contribution < -0.4 is 0 Å². The first kappa shape index (κ1) is 11.5. The Morgan fingerprint density at radius 3 is 2.60 bits per heavy atom. The molecule has 4 heteroatoms. The summed E-state index contributed by atoms with van der Waals surface area (Å²) in [5.41, 5.74) is 3.18. The smallest absolute Gasteiger partial charge is 0.0835 e. The maximum atomic E-state index is 9.12. The first-order chi connectivity index (χ1) is 7.24. The number of rotatable bonds is 2. The van der Waals surface area contributed by atoms with Crippen LogP contribution in [0.4, 0.5) is 0 Å². The second kappa shape index (κ2) is 4.92. The number of benzene rings is 1. The summed E-state index contributed by atoms with van der Waals surface area (Å²) in [5.74, 6) is 0. The second-order valence-corrected chi connectivity index (χ2v) is 5.21. The fraction of sp³-hybridized carbons (Fsp3) is 0.182. The molecule has 1 aromatic carbocycles. The van der Waals surface area contributed by atoms with Gasteiger partial charge in [-0.3, -0.25) is 4.98 Å². The fourth-order valence-corrected chi connectivity index (χ4v) is 2.74. The molecule has 1 aromatic heterocycles. The van der Waals surface area contributed by atoms with Crippen LogP contribution in [0, 0.1) is 3.57 Å². The number of halogens is 2. The Bertz CT molecular complexity index is 494. The third-order valence-electron chi connectivity index (χ3n) is 2.19. The fourth-order valence-electron chi connectivity index (χ4n) is 1.47. The predicted octanol–water partition coefficient (Wildman–Crippen LogP) is 3.27. The number of aromatic nitrogens is 1. The summed E-state index contributed by atoms with van der Waals surface area (Å²) in [6, 6.07) is 6.11. The quantitative estimate of drug-likeness (QED) is 0.593.